The zero-order valence-corrected chi connectivity index (χ0v) is 15.2. The molecule has 9 nitrogen and oxygen atoms in total. The topological polar surface area (TPSA) is 195 Å². The Kier molecular flexibility index (Phi) is 30.5. The Balaban J connectivity index is -0.0000000267. The first-order valence-electron chi connectivity index (χ1n) is 1.45. The second kappa shape index (κ2) is 13.3. The summed E-state index contributed by atoms with van der Waals surface area (Å²) in [7, 11) is -9.81. The first kappa shape index (κ1) is 29.8. The summed E-state index contributed by atoms with van der Waals surface area (Å²) in [5, 5.41) is 0. The Bertz CT molecular complexity index is 200. The molecule has 0 spiro atoms. The molecule has 0 rings (SSSR count). The number of hydrogen-bond donors (Lipinski definition) is 4. The molecule has 13 heavy (non-hydrogen) atoms. The number of quaternary nitrogens is 1. The number of phosphoric acid groups is 1. The molecule has 0 atom stereocenters. The Labute approximate surface area is 160 Å². The van der Waals surface area contributed by atoms with Crippen LogP contribution >= 0.6 is 7.82 Å². The van der Waals surface area contributed by atoms with Crippen molar-refractivity contribution in [2.24, 2.45) is 0 Å². The second-order valence-electron chi connectivity index (χ2n) is 0.922. The maximum atomic E-state index is 8.88. The van der Waals surface area contributed by atoms with Gasteiger partial charge in [-0.25, -0.2) is 4.57 Å². The fraction of sp³-hybridized carbons (Fsp3) is 0. The smallest absolute Gasteiger partial charge is 0.759 e. The van der Waals surface area contributed by atoms with Gasteiger partial charge in [0.05, 0.1) is 0 Å². The maximum Gasteiger partial charge on any atom is 1.00 e. The molecule has 0 fully saturated rings. The molecule has 0 aromatic rings. The average Bonchev–Trinajstić information content (AvgIpc) is 1.12. The quantitative estimate of drug-likeness (QED) is 0.146. The van der Waals surface area contributed by atoms with E-state index in [0.717, 1.165) is 0 Å². The Hall–Kier alpha value is 3.21. The van der Waals surface area contributed by atoms with E-state index in [9.17, 15) is 0 Å². The second-order valence-corrected chi connectivity index (χ2v) is 2.76. The Morgan fingerprint density at radius 1 is 1.00 bits per heavy atom. The van der Waals surface area contributed by atoms with Crippen LogP contribution in [0.4, 0.5) is 0 Å². The van der Waals surface area contributed by atoms with E-state index in [4.69, 9.17) is 36.8 Å². The fourth-order valence-electron chi connectivity index (χ4n) is 0. The van der Waals surface area contributed by atoms with Gasteiger partial charge >= 0.3 is 111 Å². The van der Waals surface area contributed by atoms with E-state index in [1.165, 1.54) is 0 Å². The monoisotopic (exact) mass is 290 g/mol. The van der Waals surface area contributed by atoms with Gasteiger partial charge in [-0.3, -0.25) is 8.42 Å². The third-order valence-corrected chi connectivity index (χ3v) is 0. The van der Waals surface area contributed by atoms with E-state index in [2.05, 4.69) is 0 Å². The Morgan fingerprint density at radius 3 is 1.00 bits per heavy atom. The van der Waals surface area contributed by atoms with Crippen molar-refractivity contribution in [3.05, 3.63) is 0 Å². The summed E-state index contributed by atoms with van der Waals surface area (Å²) in [6, 6.07) is 0. The van der Waals surface area contributed by atoms with Gasteiger partial charge in [-0.05, 0) is 0 Å². The first-order valence-corrected chi connectivity index (χ1v) is 4.35. The summed E-state index contributed by atoms with van der Waals surface area (Å²) < 4.78 is 43.0. The van der Waals surface area contributed by atoms with Crippen LogP contribution in [0.1, 0.15) is 0 Å². The van der Waals surface area contributed by atoms with Crippen LogP contribution in [0.15, 0.2) is 0 Å². The van der Waals surface area contributed by atoms with Crippen molar-refractivity contribution in [2.45, 2.75) is 0 Å². The van der Waals surface area contributed by atoms with Crippen molar-refractivity contribution in [2.75, 3.05) is 0 Å². The van der Waals surface area contributed by atoms with Crippen LogP contribution in [0.5, 0.6) is 0 Å². The molecule has 0 unspecified atom stereocenters. The van der Waals surface area contributed by atoms with E-state index in [1.807, 2.05) is 0 Å². The van der Waals surface area contributed by atoms with E-state index in [-0.39, 0.29) is 109 Å². The minimum atomic E-state index is -5.17. The summed E-state index contributed by atoms with van der Waals surface area (Å²) in [6.07, 6.45) is 0. The minimum absolute atomic E-state index is 0. The molecule has 0 radical (unpaired) electrons. The average molecular weight is 290 g/mol. The van der Waals surface area contributed by atoms with Crippen LogP contribution < -0.4 is 109 Å². The third kappa shape index (κ3) is 257. The van der Waals surface area contributed by atoms with Crippen molar-refractivity contribution in [3.63, 3.8) is 0 Å². The SMILES string of the molecule is O=P(O)(O)O.O=S(=O)([O-])[O-].[K+].[K+].[NH4+]. The van der Waals surface area contributed by atoms with Gasteiger partial charge in [-0.1, -0.05) is 0 Å². The molecule has 0 amide bonds. The van der Waals surface area contributed by atoms with E-state index >= 15 is 0 Å². The van der Waals surface area contributed by atoms with Gasteiger partial charge in [0.2, 0.25) is 0 Å². The summed E-state index contributed by atoms with van der Waals surface area (Å²) in [4.78, 5) is 21.6. The molecule has 0 aliphatic heterocycles. The van der Waals surface area contributed by atoms with Crippen LogP contribution in [0.3, 0.4) is 0 Å². The van der Waals surface area contributed by atoms with Crippen molar-refractivity contribution in [1.29, 1.82) is 0 Å². The van der Waals surface area contributed by atoms with Crippen LogP contribution in [0.25, 0.3) is 0 Å². The summed E-state index contributed by atoms with van der Waals surface area (Å²) >= 11 is 0. The maximum absolute atomic E-state index is 8.88. The largest absolute Gasteiger partial charge is 1.00 e. The van der Waals surface area contributed by atoms with Crippen molar-refractivity contribution in [3.8, 4) is 0 Å². The molecule has 0 aromatic carbocycles. The summed E-state index contributed by atoms with van der Waals surface area (Å²) in [5.41, 5.74) is 0. The van der Waals surface area contributed by atoms with Gasteiger partial charge in [-0.2, -0.15) is 0 Å². The molecule has 0 aliphatic carbocycles. The van der Waals surface area contributed by atoms with Crippen molar-refractivity contribution < 1.29 is 140 Å². The number of hydrogen-bond acceptors (Lipinski definition) is 5. The van der Waals surface area contributed by atoms with E-state index < -0.39 is 18.2 Å². The molecule has 0 saturated heterocycles. The molecule has 0 aromatic heterocycles. The van der Waals surface area contributed by atoms with Crippen molar-refractivity contribution in [1.82, 2.24) is 6.15 Å². The molecule has 0 aliphatic rings. The summed E-state index contributed by atoms with van der Waals surface area (Å²) in [5.74, 6) is 0. The molecule has 7 N–H and O–H groups in total. The molecule has 72 valence electrons. The van der Waals surface area contributed by atoms with Crippen LogP contribution in [-0.4, -0.2) is 32.2 Å². The molecule has 0 heterocycles. The van der Waals surface area contributed by atoms with Gasteiger partial charge in [0, 0.05) is 10.4 Å². The molecular weight excluding hydrogens is 283 g/mol. The van der Waals surface area contributed by atoms with E-state index in [0.29, 0.717) is 0 Å². The normalized spacial score (nSPS) is 9.00. The fourth-order valence-corrected chi connectivity index (χ4v) is 0. The van der Waals surface area contributed by atoms with Crippen LogP contribution in [0.2, 0.25) is 0 Å². The molecule has 0 bridgehead atoms. The zero-order chi connectivity index (χ0) is 9.00. The molecule has 13 heteroatoms. The first-order chi connectivity index (χ1) is 4.00. The summed E-state index contributed by atoms with van der Waals surface area (Å²) in [6.45, 7) is 0. The van der Waals surface area contributed by atoms with Gasteiger partial charge in [-0.15, -0.1) is 0 Å². The Morgan fingerprint density at radius 2 is 1.00 bits per heavy atom. The predicted molar refractivity (Wildman–Crippen MR) is 30.7 cm³/mol. The zero-order valence-electron chi connectivity index (χ0n) is 7.24. The van der Waals surface area contributed by atoms with Gasteiger partial charge in [0.25, 0.3) is 0 Å². The van der Waals surface area contributed by atoms with E-state index in [1.54, 1.807) is 0 Å². The van der Waals surface area contributed by atoms with Crippen molar-refractivity contribution >= 4 is 18.2 Å². The van der Waals surface area contributed by atoms with Gasteiger partial charge in [0.15, 0.2) is 0 Å². The molecule has 0 saturated carbocycles. The van der Waals surface area contributed by atoms with Crippen LogP contribution in [0, 0.1) is 0 Å². The van der Waals surface area contributed by atoms with Gasteiger partial charge < -0.3 is 29.9 Å². The van der Waals surface area contributed by atoms with Crippen LogP contribution in [-0.2, 0) is 15.0 Å². The minimum Gasteiger partial charge on any atom is -0.759 e. The predicted octanol–water partition coefficient (Wildman–Crippen LogP) is -7.88. The standard InChI is InChI=1S/2K.H3N.H3O4P.H2O4S/c;;;2*1-5(2,3)4/h;;1H3;(H3,1,2,3,4);(H2,1,2,3,4)/q2*+1;;;/p-1. The third-order valence-electron chi connectivity index (χ3n) is 0. The number of rotatable bonds is 0. The molecular formula is H7K2NO8PS+. The van der Waals surface area contributed by atoms with Gasteiger partial charge in [0.1, 0.15) is 0 Å².